The number of hydrogen-bond donors (Lipinski definition) is 0. The van der Waals surface area contributed by atoms with Crippen molar-refractivity contribution in [2.45, 2.75) is 132 Å². The van der Waals surface area contributed by atoms with Gasteiger partial charge < -0.3 is 0 Å². The fraction of sp³-hybridized carbons (Fsp3) is 0.647. The first-order valence-corrected chi connectivity index (χ1v) is 16.3. The van der Waals surface area contributed by atoms with Gasteiger partial charge in [0, 0.05) is 22.5 Å². The highest BCUT2D eigenvalue weighted by Crippen LogP contribution is 2.52. The quantitative estimate of drug-likeness (QED) is 0.242. The minimum absolute atomic E-state index is 0.0698. The predicted octanol–water partition coefficient (Wildman–Crippen LogP) is 11.6. The van der Waals surface area contributed by atoms with Crippen LogP contribution in [-0.2, 0) is 11.8 Å². The first-order chi connectivity index (χ1) is 19.0. The Morgan fingerprint density at radius 3 is 2.20 bits per heavy atom. The van der Waals surface area contributed by atoms with E-state index in [0.717, 1.165) is 31.4 Å². The van der Waals surface area contributed by atoms with Crippen LogP contribution in [0.25, 0.3) is 0 Å². The molecule has 2 aliphatic carbocycles. The summed E-state index contributed by atoms with van der Waals surface area (Å²) in [7, 11) is 0. The van der Waals surface area contributed by atoms with Crippen molar-refractivity contribution in [3.05, 3.63) is 64.7 Å². The molecule has 1 aliphatic heterocycles. The first-order valence-electron chi connectivity index (χ1n) is 15.3. The van der Waals surface area contributed by atoms with E-state index in [2.05, 4.69) is 56.3 Å². The molecule has 0 saturated heterocycles. The highest BCUT2D eigenvalue weighted by atomic mass is 32.2. The second-order valence-electron chi connectivity index (χ2n) is 12.6. The van der Waals surface area contributed by atoms with E-state index in [0.29, 0.717) is 24.7 Å². The molecule has 6 heteroatoms. The van der Waals surface area contributed by atoms with Crippen molar-refractivity contribution in [1.29, 1.82) is 0 Å². The fourth-order valence-corrected chi connectivity index (χ4v) is 8.24. The average Bonchev–Trinajstić information content (AvgIpc) is 2.90. The van der Waals surface area contributed by atoms with Crippen LogP contribution in [0, 0.1) is 12.8 Å². The van der Waals surface area contributed by atoms with Crippen molar-refractivity contribution >= 4 is 11.8 Å². The predicted molar refractivity (Wildman–Crippen MR) is 157 cm³/mol. The van der Waals surface area contributed by atoms with Gasteiger partial charge in [-0.15, -0.1) is 11.8 Å². The summed E-state index contributed by atoms with van der Waals surface area (Å²) in [4.78, 5) is 1.44. The standard InChI is InChI=1S/C34H45F5S/c1-25-15-20-29-30-14-10-6-4-3-5-8-12-26(13-9-7-11-21-33(35,36)34(37,38)39)23-27-16-18-28(19-17-27)32(30,2)24-40-31(29)22-25/h15-20,22,26,30H,3-14,21,23-24H2,1-2H3/t26?,30-,32-/m1/s1. The van der Waals surface area contributed by atoms with E-state index in [1.54, 1.807) is 0 Å². The highest BCUT2D eigenvalue weighted by molar-refractivity contribution is 7.99. The number of unbranched alkanes of at least 4 members (excludes halogenated alkanes) is 2. The number of alkyl halides is 5. The third kappa shape index (κ3) is 7.83. The number of thioether (sulfide) groups is 1. The van der Waals surface area contributed by atoms with Gasteiger partial charge >= 0.3 is 12.1 Å². The molecule has 5 rings (SSSR count). The molecule has 2 bridgehead atoms. The average molecular weight is 581 g/mol. The molecule has 0 spiro atoms. The molecule has 1 heterocycles. The molecule has 3 aliphatic rings. The minimum Gasteiger partial charge on any atom is -0.196 e. The lowest BCUT2D eigenvalue weighted by atomic mass is 9.67. The maximum atomic E-state index is 13.3. The van der Waals surface area contributed by atoms with Crippen molar-refractivity contribution in [1.82, 2.24) is 0 Å². The molecule has 0 N–H and O–H groups in total. The van der Waals surface area contributed by atoms with Crippen LogP contribution in [0.2, 0.25) is 0 Å². The summed E-state index contributed by atoms with van der Waals surface area (Å²) < 4.78 is 63.9. The Kier molecular flexibility index (Phi) is 10.7. The van der Waals surface area contributed by atoms with E-state index >= 15 is 0 Å². The number of aryl methyl sites for hydroxylation is 1. The Morgan fingerprint density at radius 2 is 1.50 bits per heavy atom. The molecule has 0 aromatic heterocycles. The highest BCUT2D eigenvalue weighted by Gasteiger charge is 2.56. The van der Waals surface area contributed by atoms with Crippen molar-refractivity contribution in [3.8, 4) is 0 Å². The van der Waals surface area contributed by atoms with Crippen LogP contribution in [0.1, 0.15) is 119 Å². The summed E-state index contributed by atoms with van der Waals surface area (Å²) in [5, 5.41) is 0. The van der Waals surface area contributed by atoms with Crippen molar-refractivity contribution in [2.24, 2.45) is 5.92 Å². The van der Waals surface area contributed by atoms with Gasteiger partial charge in [0.15, 0.2) is 0 Å². The first kappa shape index (κ1) is 31.4. The fourth-order valence-electron chi connectivity index (χ4n) is 6.78. The zero-order valence-corrected chi connectivity index (χ0v) is 24.9. The Morgan fingerprint density at radius 1 is 0.825 bits per heavy atom. The second-order valence-corrected chi connectivity index (χ2v) is 13.6. The van der Waals surface area contributed by atoms with Gasteiger partial charge in [-0.3, -0.25) is 0 Å². The minimum atomic E-state index is -5.45. The van der Waals surface area contributed by atoms with Crippen LogP contribution in [-0.4, -0.2) is 17.9 Å². The van der Waals surface area contributed by atoms with E-state index in [4.69, 9.17) is 0 Å². The molecule has 0 amide bonds. The maximum Gasteiger partial charge on any atom is 0.453 e. The lowest BCUT2D eigenvalue weighted by Crippen LogP contribution is -2.36. The molecular weight excluding hydrogens is 535 g/mol. The van der Waals surface area contributed by atoms with Gasteiger partial charge in [-0.25, -0.2) is 0 Å². The molecule has 40 heavy (non-hydrogen) atoms. The zero-order chi connectivity index (χ0) is 28.8. The topological polar surface area (TPSA) is 0 Å². The van der Waals surface area contributed by atoms with Gasteiger partial charge in [0.1, 0.15) is 0 Å². The van der Waals surface area contributed by atoms with Crippen LogP contribution >= 0.6 is 11.8 Å². The maximum absolute atomic E-state index is 13.3. The molecule has 1 unspecified atom stereocenters. The van der Waals surface area contributed by atoms with Crippen molar-refractivity contribution < 1.29 is 22.0 Å². The summed E-state index contributed by atoms with van der Waals surface area (Å²) in [5.74, 6) is -2.57. The number of hydrogen-bond acceptors (Lipinski definition) is 1. The normalized spacial score (nSPS) is 24.9. The summed E-state index contributed by atoms with van der Waals surface area (Å²) >= 11 is 1.99. The SMILES string of the molecule is Cc1ccc2c(c1)SC[C@]1(C)c3ccc(cc3)CC(CCCCCC(F)(F)C(F)(F)F)CCCCCCCC[C@H]21. The summed E-state index contributed by atoms with van der Waals surface area (Å²) in [6, 6.07) is 16.2. The van der Waals surface area contributed by atoms with Gasteiger partial charge in [-0.05, 0) is 60.8 Å². The van der Waals surface area contributed by atoms with Gasteiger partial charge in [-0.2, -0.15) is 22.0 Å². The molecule has 0 fully saturated rings. The molecule has 2 aromatic carbocycles. The van der Waals surface area contributed by atoms with Crippen molar-refractivity contribution in [3.63, 3.8) is 0 Å². The monoisotopic (exact) mass is 580 g/mol. The van der Waals surface area contributed by atoms with E-state index in [1.807, 2.05) is 11.8 Å². The number of halogens is 5. The number of benzene rings is 2. The molecule has 2 aromatic rings. The number of fused-ring (bicyclic) bond motifs is 12. The van der Waals surface area contributed by atoms with Gasteiger partial charge in [0.05, 0.1) is 0 Å². The molecular formula is C34H45F5S. The van der Waals surface area contributed by atoms with Crippen LogP contribution in [0.5, 0.6) is 0 Å². The summed E-state index contributed by atoms with van der Waals surface area (Å²) in [6.45, 7) is 4.61. The molecule has 0 nitrogen and oxygen atoms in total. The van der Waals surface area contributed by atoms with Crippen LogP contribution in [0.15, 0.2) is 47.4 Å². The van der Waals surface area contributed by atoms with Crippen LogP contribution < -0.4 is 0 Å². The lowest BCUT2D eigenvalue weighted by molar-refractivity contribution is -0.284. The third-order valence-corrected chi connectivity index (χ3v) is 10.8. The van der Waals surface area contributed by atoms with Gasteiger partial charge in [0.25, 0.3) is 0 Å². The largest absolute Gasteiger partial charge is 0.453 e. The van der Waals surface area contributed by atoms with E-state index in [9.17, 15) is 22.0 Å². The molecule has 222 valence electrons. The van der Waals surface area contributed by atoms with Gasteiger partial charge in [0.2, 0.25) is 0 Å². The molecule has 0 radical (unpaired) electrons. The van der Waals surface area contributed by atoms with Crippen molar-refractivity contribution in [2.75, 3.05) is 5.75 Å². The second kappa shape index (κ2) is 13.6. The third-order valence-electron chi connectivity index (χ3n) is 9.35. The summed E-state index contributed by atoms with van der Waals surface area (Å²) in [5.41, 5.74) is 5.59. The van der Waals surface area contributed by atoms with E-state index < -0.39 is 18.5 Å². The molecule has 3 atom stereocenters. The Balaban J connectivity index is 1.45. The Hall–Kier alpha value is -1.56. The van der Waals surface area contributed by atoms with Crippen LogP contribution in [0.3, 0.4) is 0 Å². The molecule has 0 saturated carbocycles. The summed E-state index contributed by atoms with van der Waals surface area (Å²) in [6.07, 6.45) is 5.94. The number of rotatable bonds is 6. The zero-order valence-electron chi connectivity index (χ0n) is 24.1. The Labute approximate surface area is 241 Å². The van der Waals surface area contributed by atoms with Crippen LogP contribution in [0.4, 0.5) is 22.0 Å². The van der Waals surface area contributed by atoms with Gasteiger partial charge in [-0.1, -0.05) is 113 Å². The lowest BCUT2D eigenvalue weighted by Gasteiger charge is -2.43. The van der Waals surface area contributed by atoms with E-state index in [-0.39, 0.29) is 11.8 Å². The smallest absolute Gasteiger partial charge is 0.196 e. The van der Waals surface area contributed by atoms with E-state index in [1.165, 1.54) is 65.7 Å². The Bertz CT molecular complexity index is 1080.